The monoisotopic (exact) mass is 206 g/mol. The molecule has 4 nitrogen and oxygen atoms in total. The van der Waals surface area contributed by atoms with Crippen LogP contribution in [0, 0.1) is 0 Å². The minimum Gasteiger partial charge on any atom is -0.307 e. The van der Waals surface area contributed by atoms with Crippen LogP contribution >= 0.6 is 0 Å². The zero-order valence-electron chi connectivity index (χ0n) is 9.00. The van der Waals surface area contributed by atoms with Crippen LogP contribution in [0.5, 0.6) is 0 Å². The molecule has 82 valence electrons. The molecule has 0 amide bonds. The Balaban J connectivity index is 1.52. The van der Waals surface area contributed by atoms with Gasteiger partial charge in [0.05, 0.1) is 6.54 Å². The van der Waals surface area contributed by atoms with E-state index in [1.807, 2.05) is 0 Å². The summed E-state index contributed by atoms with van der Waals surface area (Å²) in [7, 11) is 0. The second-order valence-electron chi connectivity index (χ2n) is 4.78. The van der Waals surface area contributed by atoms with Gasteiger partial charge in [0.2, 0.25) is 0 Å². The summed E-state index contributed by atoms with van der Waals surface area (Å²) in [5.41, 5.74) is 0. The molecule has 3 rings (SSSR count). The Kier molecular flexibility index (Phi) is 2.44. The lowest BCUT2D eigenvalue weighted by atomic mass is 10.2. The van der Waals surface area contributed by atoms with Gasteiger partial charge in [0.15, 0.2) is 5.82 Å². The van der Waals surface area contributed by atoms with Gasteiger partial charge in [-0.2, -0.15) is 5.10 Å². The Bertz CT molecular complexity index is 323. The first kappa shape index (κ1) is 9.33. The van der Waals surface area contributed by atoms with Gasteiger partial charge in [-0.05, 0) is 25.7 Å². The van der Waals surface area contributed by atoms with E-state index in [9.17, 15) is 0 Å². The Hall–Kier alpha value is -0.900. The first-order valence-electron chi connectivity index (χ1n) is 6.06. The lowest BCUT2D eigenvalue weighted by Gasteiger charge is -2.09. The molecule has 15 heavy (non-hydrogen) atoms. The van der Waals surface area contributed by atoms with Crippen molar-refractivity contribution in [1.29, 1.82) is 0 Å². The predicted molar refractivity (Wildman–Crippen MR) is 57.5 cm³/mol. The van der Waals surface area contributed by atoms with Crippen molar-refractivity contribution in [2.24, 2.45) is 0 Å². The largest absolute Gasteiger partial charge is 0.307 e. The molecular formula is C11H18N4. The lowest BCUT2D eigenvalue weighted by Crippen LogP contribution is -2.25. The van der Waals surface area contributed by atoms with Crippen LogP contribution in [-0.4, -0.2) is 21.2 Å². The second kappa shape index (κ2) is 3.93. The van der Waals surface area contributed by atoms with Crippen molar-refractivity contribution in [3.05, 3.63) is 11.6 Å². The highest BCUT2D eigenvalue weighted by atomic mass is 15.2. The molecule has 2 aliphatic carbocycles. The van der Waals surface area contributed by atoms with Crippen molar-refractivity contribution in [2.45, 2.75) is 57.0 Å². The van der Waals surface area contributed by atoms with Crippen molar-refractivity contribution >= 4 is 0 Å². The number of hydrogen-bond acceptors (Lipinski definition) is 3. The summed E-state index contributed by atoms with van der Waals surface area (Å²) >= 11 is 0. The van der Waals surface area contributed by atoms with Gasteiger partial charge in [0.25, 0.3) is 0 Å². The molecule has 4 heteroatoms. The number of rotatable bonds is 4. The predicted octanol–water partition coefficient (Wildman–Crippen LogP) is 1.71. The SMILES string of the molecule is C1CCC(NCc2nc(C3CC3)n[nH]2)C1. The van der Waals surface area contributed by atoms with Crippen molar-refractivity contribution in [3.8, 4) is 0 Å². The van der Waals surface area contributed by atoms with Gasteiger partial charge in [-0.15, -0.1) is 0 Å². The normalized spacial score (nSPS) is 22.4. The first-order chi connectivity index (χ1) is 7.42. The molecule has 1 aromatic rings. The van der Waals surface area contributed by atoms with Gasteiger partial charge in [-0.3, -0.25) is 5.10 Å². The number of H-pyrrole nitrogens is 1. The summed E-state index contributed by atoms with van der Waals surface area (Å²) in [6.45, 7) is 0.852. The van der Waals surface area contributed by atoms with Crippen LogP contribution < -0.4 is 5.32 Å². The molecule has 2 fully saturated rings. The van der Waals surface area contributed by atoms with E-state index in [4.69, 9.17) is 0 Å². The summed E-state index contributed by atoms with van der Waals surface area (Å²) in [6, 6.07) is 0.708. The zero-order valence-corrected chi connectivity index (χ0v) is 9.00. The molecule has 0 unspecified atom stereocenters. The van der Waals surface area contributed by atoms with Crippen LogP contribution in [0.1, 0.15) is 56.1 Å². The number of hydrogen-bond donors (Lipinski definition) is 2. The number of nitrogens with zero attached hydrogens (tertiary/aromatic N) is 2. The van der Waals surface area contributed by atoms with Crippen LogP contribution in [0.2, 0.25) is 0 Å². The van der Waals surface area contributed by atoms with Gasteiger partial charge in [-0.1, -0.05) is 12.8 Å². The lowest BCUT2D eigenvalue weighted by molar-refractivity contribution is 0.514. The van der Waals surface area contributed by atoms with E-state index in [2.05, 4.69) is 20.5 Å². The minimum atomic E-state index is 0.654. The van der Waals surface area contributed by atoms with Crippen LogP contribution in [-0.2, 0) is 6.54 Å². The first-order valence-corrected chi connectivity index (χ1v) is 6.06. The van der Waals surface area contributed by atoms with E-state index in [0.717, 1.165) is 18.2 Å². The Morgan fingerprint density at radius 3 is 2.73 bits per heavy atom. The maximum Gasteiger partial charge on any atom is 0.153 e. The smallest absolute Gasteiger partial charge is 0.153 e. The van der Waals surface area contributed by atoms with E-state index in [-0.39, 0.29) is 0 Å². The van der Waals surface area contributed by atoms with Crippen LogP contribution in [0.4, 0.5) is 0 Å². The number of aromatic nitrogens is 3. The Morgan fingerprint density at radius 1 is 1.20 bits per heavy atom. The topological polar surface area (TPSA) is 53.6 Å². The van der Waals surface area contributed by atoms with E-state index in [0.29, 0.717) is 12.0 Å². The highest BCUT2D eigenvalue weighted by Crippen LogP contribution is 2.37. The molecule has 2 aliphatic rings. The maximum atomic E-state index is 4.50. The Morgan fingerprint density at radius 2 is 2.00 bits per heavy atom. The molecule has 0 bridgehead atoms. The summed E-state index contributed by atoms with van der Waals surface area (Å²) in [6.07, 6.45) is 7.94. The van der Waals surface area contributed by atoms with E-state index >= 15 is 0 Å². The molecule has 0 aromatic carbocycles. The molecule has 2 saturated carbocycles. The van der Waals surface area contributed by atoms with Crippen molar-refractivity contribution in [1.82, 2.24) is 20.5 Å². The molecule has 1 heterocycles. The maximum absolute atomic E-state index is 4.50. The second-order valence-corrected chi connectivity index (χ2v) is 4.78. The Labute approximate surface area is 89.9 Å². The van der Waals surface area contributed by atoms with Crippen LogP contribution in [0.15, 0.2) is 0 Å². The fourth-order valence-electron chi connectivity index (χ4n) is 2.28. The molecule has 2 N–H and O–H groups in total. The summed E-state index contributed by atoms with van der Waals surface area (Å²) in [5, 5.41) is 10.8. The van der Waals surface area contributed by atoms with E-state index < -0.39 is 0 Å². The summed E-state index contributed by atoms with van der Waals surface area (Å²) in [4.78, 5) is 4.50. The average Bonchev–Trinajstić information content (AvgIpc) is 2.82. The van der Waals surface area contributed by atoms with Crippen molar-refractivity contribution in [3.63, 3.8) is 0 Å². The van der Waals surface area contributed by atoms with Gasteiger partial charge < -0.3 is 5.32 Å². The molecule has 1 aromatic heterocycles. The fraction of sp³-hybridized carbons (Fsp3) is 0.818. The summed E-state index contributed by atoms with van der Waals surface area (Å²) < 4.78 is 0. The molecule has 0 aliphatic heterocycles. The molecule has 0 radical (unpaired) electrons. The quantitative estimate of drug-likeness (QED) is 0.788. The average molecular weight is 206 g/mol. The van der Waals surface area contributed by atoms with E-state index in [1.54, 1.807) is 0 Å². The number of nitrogens with one attached hydrogen (secondary N) is 2. The molecule has 0 saturated heterocycles. The fourth-order valence-corrected chi connectivity index (χ4v) is 2.28. The number of aromatic amines is 1. The molecule has 0 spiro atoms. The third-order valence-electron chi connectivity index (χ3n) is 3.40. The highest BCUT2D eigenvalue weighted by molar-refractivity contribution is 5.04. The van der Waals surface area contributed by atoms with Crippen LogP contribution in [0.25, 0.3) is 0 Å². The molecular weight excluding hydrogens is 188 g/mol. The van der Waals surface area contributed by atoms with Crippen LogP contribution in [0.3, 0.4) is 0 Å². The summed E-state index contributed by atoms with van der Waals surface area (Å²) in [5.74, 6) is 2.68. The van der Waals surface area contributed by atoms with Gasteiger partial charge in [0, 0.05) is 12.0 Å². The van der Waals surface area contributed by atoms with Gasteiger partial charge >= 0.3 is 0 Å². The third kappa shape index (κ3) is 2.20. The minimum absolute atomic E-state index is 0.654. The van der Waals surface area contributed by atoms with E-state index in [1.165, 1.54) is 38.5 Å². The molecule has 0 atom stereocenters. The third-order valence-corrected chi connectivity index (χ3v) is 3.40. The van der Waals surface area contributed by atoms with Gasteiger partial charge in [-0.25, -0.2) is 4.98 Å². The standard InChI is InChI=1S/C11H18N4/c1-2-4-9(3-1)12-7-10-13-11(15-14-10)8-5-6-8/h8-9,12H,1-7H2,(H,13,14,15). The van der Waals surface area contributed by atoms with Crippen molar-refractivity contribution < 1.29 is 0 Å². The van der Waals surface area contributed by atoms with Crippen molar-refractivity contribution in [2.75, 3.05) is 0 Å². The van der Waals surface area contributed by atoms with Gasteiger partial charge in [0.1, 0.15) is 5.82 Å². The highest BCUT2D eigenvalue weighted by Gasteiger charge is 2.27. The zero-order chi connectivity index (χ0) is 10.1.